The van der Waals surface area contributed by atoms with Gasteiger partial charge in [-0.3, -0.25) is 9.44 Å². The maximum absolute atomic E-state index is 11.2. The van der Waals surface area contributed by atoms with Crippen LogP contribution in [0.25, 0.3) is 0 Å². The molecule has 2 rings (SSSR count). The van der Waals surface area contributed by atoms with Crippen LogP contribution in [0.15, 0.2) is 48.5 Å². The maximum atomic E-state index is 11.2. The van der Waals surface area contributed by atoms with Gasteiger partial charge >= 0.3 is 0 Å². The van der Waals surface area contributed by atoms with Gasteiger partial charge in [-0.25, -0.2) is 16.8 Å². The number of nitrogens with one attached hydrogen (secondary N) is 2. The summed E-state index contributed by atoms with van der Waals surface area (Å²) in [6.07, 6.45) is 4.00. The molecule has 0 amide bonds. The van der Waals surface area contributed by atoms with Crippen LogP contribution >= 0.6 is 0 Å². The zero-order chi connectivity index (χ0) is 20.8. The van der Waals surface area contributed by atoms with Crippen molar-refractivity contribution in [2.24, 2.45) is 0 Å². The first-order valence-electron chi connectivity index (χ1n) is 8.82. The molecule has 0 unspecified atom stereocenters. The second-order valence-electron chi connectivity index (χ2n) is 6.95. The Hall–Kier alpha value is -2.10. The van der Waals surface area contributed by atoms with Crippen molar-refractivity contribution < 1.29 is 16.8 Å². The summed E-state index contributed by atoms with van der Waals surface area (Å²) in [7, 11) is -4.45. The van der Waals surface area contributed by atoms with Crippen molar-refractivity contribution in [3.05, 3.63) is 59.7 Å². The minimum atomic E-state index is -3.25. The van der Waals surface area contributed by atoms with E-state index in [1.807, 2.05) is 24.3 Å². The lowest BCUT2D eigenvalue weighted by molar-refractivity contribution is 0.343. The molecule has 0 radical (unpaired) electrons. The predicted molar refractivity (Wildman–Crippen MR) is 115 cm³/mol. The van der Waals surface area contributed by atoms with E-state index >= 15 is 0 Å². The first kappa shape index (κ1) is 22.2. The fourth-order valence-corrected chi connectivity index (χ4v) is 3.79. The van der Waals surface area contributed by atoms with E-state index in [1.165, 1.54) is 0 Å². The molecule has 154 valence electrons. The average molecular weight is 426 g/mol. The molecule has 2 N–H and O–H groups in total. The summed E-state index contributed by atoms with van der Waals surface area (Å²) in [4.78, 5) is 2.23. The van der Waals surface area contributed by atoms with Gasteiger partial charge in [0.2, 0.25) is 20.0 Å². The van der Waals surface area contributed by atoms with Crippen LogP contribution in [-0.4, -0.2) is 54.4 Å². The van der Waals surface area contributed by atoms with Crippen molar-refractivity contribution >= 4 is 31.4 Å². The molecule has 0 aliphatic heterocycles. The third kappa shape index (κ3) is 8.73. The Kier molecular flexibility index (Phi) is 7.45. The summed E-state index contributed by atoms with van der Waals surface area (Å²) in [6, 6.07) is 14.8. The Morgan fingerprint density at radius 3 is 1.29 bits per heavy atom. The molecule has 0 atom stereocenters. The van der Waals surface area contributed by atoms with Crippen LogP contribution in [0.5, 0.6) is 0 Å². The number of likely N-dealkylation sites (N-methyl/N-ethyl adjacent to an activating group) is 1. The third-order valence-electron chi connectivity index (χ3n) is 4.08. The summed E-state index contributed by atoms with van der Waals surface area (Å²) < 4.78 is 49.8. The highest BCUT2D eigenvalue weighted by atomic mass is 32.2. The summed E-state index contributed by atoms with van der Waals surface area (Å²) in [5, 5.41) is 0. The van der Waals surface area contributed by atoms with Crippen molar-refractivity contribution in [2.75, 3.05) is 42.1 Å². The Balaban J connectivity index is 1.77. The van der Waals surface area contributed by atoms with Gasteiger partial charge < -0.3 is 4.90 Å². The number of rotatable bonds is 10. The van der Waals surface area contributed by atoms with Crippen molar-refractivity contribution in [1.82, 2.24) is 4.90 Å². The molecule has 0 spiro atoms. The molecule has 0 aliphatic carbocycles. The molecule has 2 aromatic rings. The molecule has 7 nitrogen and oxygen atoms in total. The monoisotopic (exact) mass is 425 g/mol. The maximum Gasteiger partial charge on any atom is 0.229 e. The molecule has 0 heterocycles. The number of anilines is 2. The Morgan fingerprint density at radius 2 is 1.00 bits per heavy atom. The van der Waals surface area contributed by atoms with E-state index < -0.39 is 20.0 Å². The van der Waals surface area contributed by atoms with Crippen molar-refractivity contribution in [2.45, 2.75) is 12.8 Å². The van der Waals surface area contributed by atoms with E-state index in [2.05, 4.69) is 21.4 Å². The van der Waals surface area contributed by atoms with Crippen LogP contribution in [-0.2, 0) is 32.9 Å². The molecular formula is C19H27N3O4S2. The van der Waals surface area contributed by atoms with Gasteiger partial charge in [0.1, 0.15) is 0 Å². The van der Waals surface area contributed by atoms with Crippen LogP contribution < -0.4 is 9.44 Å². The molecule has 28 heavy (non-hydrogen) atoms. The molecule has 0 aliphatic rings. The van der Waals surface area contributed by atoms with Crippen LogP contribution in [0.4, 0.5) is 11.4 Å². The van der Waals surface area contributed by atoms with Crippen molar-refractivity contribution in [3.63, 3.8) is 0 Å². The molecular weight excluding hydrogens is 398 g/mol. The van der Waals surface area contributed by atoms with Gasteiger partial charge in [0.25, 0.3) is 0 Å². The van der Waals surface area contributed by atoms with Crippen LogP contribution in [0.3, 0.4) is 0 Å². The molecule has 0 fully saturated rings. The first-order chi connectivity index (χ1) is 13.0. The average Bonchev–Trinajstić information content (AvgIpc) is 2.58. The number of sulfonamides is 2. The van der Waals surface area contributed by atoms with Gasteiger partial charge in [-0.2, -0.15) is 0 Å². The highest BCUT2D eigenvalue weighted by Gasteiger charge is 2.05. The first-order valence-corrected chi connectivity index (χ1v) is 12.6. The third-order valence-corrected chi connectivity index (χ3v) is 5.29. The number of hydrogen-bond donors (Lipinski definition) is 2. The lowest BCUT2D eigenvalue weighted by atomic mass is 10.1. The Morgan fingerprint density at radius 1 is 0.679 bits per heavy atom. The molecule has 2 aromatic carbocycles. The molecule has 0 saturated heterocycles. The van der Waals surface area contributed by atoms with Gasteiger partial charge in [-0.15, -0.1) is 0 Å². The van der Waals surface area contributed by atoms with E-state index in [0.29, 0.717) is 11.4 Å². The smallest absolute Gasteiger partial charge is 0.229 e. The number of hydrogen-bond acceptors (Lipinski definition) is 5. The van der Waals surface area contributed by atoms with E-state index in [0.717, 1.165) is 49.6 Å². The number of nitrogens with zero attached hydrogens (tertiary/aromatic N) is 1. The highest BCUT2D eigenvalue weighted by Crippen LogP contribution is 2.13. The van der Waals surface area contributed by atoms with Crippen molar-refractivity contribution in [3.8, 4) is 0 Å². The predicted octanol–water partition coefficient (Wildman–Crippen LogP) is 2.15. The van der Waals surface area contributed by atoms with Crippen LogP contribution in [0.2, 0.25) is 0 Å². The normalized spacial score (nSPS) is 12.1. The molecule has 0 saturated carbocycles. The Labute approximate surface area is 167 Å². The number of benzene rings is 2. The van der Waals surface area contributed by atoms with Gasteiger partial charge in [0.05, 0.1) is 12.5 Å². The molecule has 9 heteroatoms. The largest absolute Gasteiger partial charge is 0.306 e. The van der Waals surface area contributed by atoms with Crippen LogP contribution in [0, 0.1) is 0 Å². The fourth-order valence-electron chi connectivity index (χ4n) is 2.66. The van der Waals surface area contributed by atoms with E-state index in [-0.39, 0.29) is 0 Å². The summed E-state index contributed by atoms with van der Waals surface area (Å²) in [6.45, 7) is 1.76. The van der Waals surface area contributed by atoms with E-state index in [4.69, 9.17) is 0 Å². The minimum Gasteiger partial charge on any atom is -0.306 e. The second-order valence-corrected chi connectivity index (χ2v) is 10.4. The van der Waals surface area contributed by atoms with Gasteiger partial charge in [0, 0.05) is 24.5 Å². The van der Waals surface area contributed by atoms with Crippen LogP contribution in [0.1, 0.15) is 11.1 Å². The zero-order valence-electron chi connectivity index (χ0n) is 16.3. The van der Waals surface area contributed by atoms with E-state index in [1.54, 1.807) is 24.3 Å². The topological polar surface area (TPSA) is 95.6 Å². The fraction of sp³-hybridized carbons (Fsp3) is 0.368. The second kappa shape index (κ2) is 9.40. The van der Waals surface area contributed by atoms with Crippen molar-refractivity contribution in [1.29, 1.82) is 0 Å². The van der Waals surface area contributed by atoms with Gasteiger partial charge in [-0.1, -0.05) is 24.3 Å². The van der Waals surface area contributed by atoms with Gasteiger partial charge in [0.15, 0.2) is 0 Å². The SMILES string of the molecule is CN(CCc1ccc(NS(C)(=O)=O)cc1)CCc1ccc(NS(C)(=O)=O)cc1. The zero-order valence-corrected chi connectivity index (χ0v) is 18.0. The lowest BCUT2D eigenvalue weighted by Crippen LogP contribution is -2.23. The van der Waals surface area contributed by atoms with E-state index in [9.17, 15) is 16.8 Å². The Bertz CT molecular complexity index is 889. The van der Waals surface area contributed by atoms with Gasteiger partial charge in [-0.05, 0) is 55.3 Å². The molecule has 0 bridgehead atoms. The summed E-state index contributed by atoms with van der Waals surface area (Å²) >= 11 is 0. The molecule has 0 aromatic heterocycles. The summed E-state index contributed by atoms with van der Waals surface area (Å²) in [5.74, 6) is 0. The minimum absolute atomic E-state index is 0.563. The highest BCUT2D eigenvalue weighted by molar-refractivity contribution is 7.92. The standard InChI is InChI=1S/C19H27N3O4S2/c1-22(14-12-16-4-8-18(9-5-16)20-27(2,23)24)15-13-17-6-10-19(11-7-17)21-28(3,25)26/h4-11,20-21H,12-15H2,1-3H3. The lowest BCUT2D eigenvalue weighted by Gasteiger charge is -2.17. The quantitative estimate of drug-likeness (QED) is 0.608. The summed E-state index contributed by atoms with van der Waals surface area (Å²) in [5.41, 5.74) is 3.41.